The van der Waals surface area contributed by atoms with Gasteiger partial charge in [0.05, 0.1) is 11.8 Å². The van der Waals surface area contributed by atoms with Crippen molar-refractivity contribution >= 4 is 11.6 Å². The molecule has 1 amide bonds. The molecule has 3 aromatic rings. The Labute approximate surface area is 127 Å². The van der Waals surface area contributed by atoms with Gasteiger partial charge >= 0.3 is 6.18 Å². The molecule has 0 saturated carbocycles. The van der Waals surface area contributed by atoms with E-state index in [1.807, 2.05) is 0 Å². The van der Waals surface area contributed by atoms with E-state index in [9.17, 15) is 18.0 Å². The molecule has 0 saturated heterocycles. The molecule has 0 radical (unpaired) electrons. The summed E-state index contributed by atoms with van der Waals surface area (Å²) in [7, 11) is 0. The van der Waals surface area contributed by atoms with Gasteiger partial charge in [0, 0.05) is 5.69 Å². The van der Waals surface area contributed by atoms with Crippen LogP contribution < -0.4 is 5.32 Å². The summed E-state index contributed by atoms with van der Waals surface area (Å²) in [5.74, 6) is -0.319. The van der Waals surface area contributed by atoms with Gasteiger partial charge in [0.1, 0.15) is 0 Å². The first-order chi connectivity index (χ1) is 10.9. The standard InChI is InChI=1S/C15H9F3N2O3/c16-15(17,18)9-3-1-4-10(7-9)20-14(21)12-13(23-8-19-12)11-5-2-6-22-11/h1-8H,(H,20,21). The topological polar surface area (TPSA) is 68.3 Å². The van der Waals surface area contributed by atoms with E-state index in [1.165, 1.54) is 18.4 Å². The molecular formula is C15H9F3N2O3. The Bertz CT molecular complexity index is 823. The van der Waals surface area contributed by atoms with E-state index < -0.39 is 17.6 Å². The highest BCUT2D eigenvalue weighted by molar-refractivity contribution is 6.06. The molecule has 5 nitrogen and oxygen atoms in total. The summed E-state index contributed by atoms with van der Waals surface area (Å²) in [6.45, 7) is 0. The zero-order chi connectivity index (χ0) is 16.4. The third-order valence-electron chi connectivity index (χ3n) is 2.98. The average Bonchev–Trinajstić information content (AvgIpc) is 3.17. The van der Waals surface area contributed by atoms with Crippen LogP contribution in [0.25, 0.3) is 11.5 Å². The molecule has 0 fully saturated rings. The first-order valence-electron chi connectivity index (χ1n) is 6.41. The largest absolute Gasteiger partial charge is 0.461 e. The minimum absolute atomic E-state index is 0.00165. The van der Waals surface area contributed by atoms with Crippen molar-refractivity contribution in [1.29, 1.82) is 0 Å². The third-order valence-corrected chi connectivity index (χ3v) is 2.98. The van der Waals surface area contributed by atoms with Gasteiger partial charge in [-0.1, -0.05) is 6.07 Å². The van der Waals surface area contributed by atoms with E-state index in [0.29, 0.717) is 0 Å². The molecule has 0 aliphatic carbocycles. The van der Waals surface area contributed by atoms with Crippen LogP contribution in [0.2, 0.25) is 0 Å². The molecule has 0 spiro atoms. The zero-order valence-corrected chi connectivity index (χ0v) is 11.4. The maximum atomic E-state index is 12.7. The summed E-state index contributed by atoms with van der Waals surface area (Å²) >= 11 is 0. The molecule has 118 valence electrons. The lowest BCUT2D eigenvalue weighted by Crippen LogP contribution is -2.14. The van der Waals surface area contributed by atoms with E-state index in [1.54, 1.807) is 12.1 Å². The van der Waals surface area contributed by atoms with Crippen LogP contribution in [-0.4, -0.2) is 10.9 Å². The normalized spacial score (nSPS) is 11.4. The molecule has 23 heavy (non-hydrogen) atoms. The van der Waals surface area contributed by atoms with Gasteiger partial charge in [-0.3, -0.25) is 4.79 Å². The van der Waals surface area contributed by atoms with Crippen LogP contribution in [0.15, 0.2) is 57.9 Å². The predicted molar refractivity (Wildman–Crippen MR) is 73.6 cm³/mol. The third kappa shape index (κ3) is 3.10. The SMILES string of the molecule is O=C(Nc1cccc(C(F)(F)F)c1)c1ncoc1-c1ccco1. The van der Waals surface area contributed by atoms with Crippen molar-refractivity contribution in [3.8, 4) is 11.5 Å². The molecule has 0 bridgehead atoms. The molecule has 1 aromatic carbocycles. The monoisotopic (exact) mass is 322 g/mol. The van der Waals surface area contributed by atoms with Crippen molar-refractivity contribution in [3.63, 3.8) is 0 Å². The number of anilines is 1. The second kappa shape index (κ2) is 5.64. The maximum Gasteiger partial charge on any atom is 0.416 e. The van der Waals surface area contributed by atoms with Gasteiger partial charge in [-0.25, -0.2) is 4.98 Å². The van der Waals surface area contributed by atoms with Crippen LogP contribution in [-0.2, 0) is 6.18 Å². The Hall–Kier alpha value is -3.03. The summed E-state index contributed by atoms with van der Waals surface area (Å²) in [6.07, 6.45) is -2.04. The number of nitrogens with zero attached hydrogens (tertiary/aromatic N) is 1. The van der Waals surface area contributed by atoms with E-state index in [2.05, 4.69) is 10.3 Å². The summed E-state index contributed by atoms with van der Waals surface area (Å²) in [4.78, 5) is 16.0. The van der Waals surface area contributed by atoms with Crippen molar-refractivity contribution < 1.29 is 26.8 Å². The van der Waals surface area contributed by atoms with Crippen LogP contribution in [0.3, 0.4) is 0 Å². The van der Waals surface area contributed by atoms with Crippen molar-refractivity contribution in [2.75, 3.05) is 5.32 Å². The maximum absolute atomic E-state index is 12.7. The lowest BCUT2D eigenvalue weighted by atomic mass is 10.2. The number of aromatic nitrogens is 1. The molecule has 2 aromatic heterocycles. The van der Waals surface area contributed by atoms with E-state index >= 15 is 0 Å². The number of hydrogen-bond donors (Lipinski definition) is 1. The van der Waals surface area contributed by atoms with Gasteiger partial charge in [-0.15, -0.1) is 0 Å². The highest BCUT2D eigenvalue weighted by Crippen LogP contribution is 2.31. The Morgan fingerprint density at radius 2 is 1.96 bits per heavy atom. The van der Waals surface area contributed by atoms with Crippen molar-refractivity contribution in [2.24, 2.45) is 0 Å². The molecule has 0 unspecified atom stereocenters. The first kappa shape index (κ1) is 14.9. The molecule has 8 heteroatoms. The molecule has 1 N–H and O–H groups in total. The van der Waals surface area contributed by atoms with Gasteiger partial charge < -0.3 is 14.2 Å². The summed E-state index contributed by atoms with van der Waals surface area (Å²) < 4.78 is 48.2. The molecule has 2 heterocycles. The number of alkyl halides is 3. The second-order valence-corrected chi connectivity index (χ2v) is 4.54. The number of halogens is 3. The molecule has 0 atom stereocenters. The second-order valence-electron chi connectivity index (χ2n) is 4.54. The minimum Gasteiger partial charge on any atom is -0.461 e. The molecular weight excluding hydrogens is 313 g/mol. The fourth-order valence-corrected chi connectivity index (χ4v) is 1.95. The summed E-state index contributed by atoms with van der Waals surface area (Å²) in [6, 6.07) is 7.48. The van der Waals surface area contributed by atoms with Crippen molar-refractivity contribution in [2.45, 2.75) is 6.18 Å². The number of nitrogens with one attached hydrogen (secondary N) is 1. The van der Waals surface area contributed by atoms with Gasteiger partial charge in [0.15, 0.2) is 17.8 Å². The number of furan rings is 1. The fourth-order valence-electron chi connectivity index (χ4n) is 1.95. The zero-order valence-electron chi connectivity index (χ0n) is 11.4. The molecule has 0 aliphatic heterocycles. The highest BCUT2D eigenvalue weighted by Gasteiger charge is 2.30. The number of rotatable bonds is 3. The van der Waals surface area contributed by atoms with E-state index in [-0.39, 0.29) is 22.9 Å². The Morgan fingerprint density at radius 3 is 2.65 bits per heavy atom. The number of amides is 1. The Morgan fingerprint density at radius 1 is 1.13 bits per heavy atom. The van der Waals surface area contributed by atoms with Gasteiger partial charge in [-0.2, -0.15) is 13.2 Å². The number of oxazole rings is 1. The first-order valence-corrected chi connectivity index (χ1v) is 6.41. The van der Waals surface area contributed by atoms with Crippen LogP contribution in [0.5, 0.6) is 0 Å². The quantitative estimate of drug-likeness (QED) is 0.784. The number of hydrogen-bond acceptors (Lipinski definition) is 4. The predicted octanol–water partition coefficient (Wildman–Crippen LogP) is 4.21. The molecule has 3 rings (SSSR count). The summed E-state index contributed by atoms with van der Waals surface area (Å²) in [5, 5.41) is 2.36. The lowest BCUT2D eigenvalue weighted by molar-refractivity contribution is -0.137. The number of carbonyl (C=O) groups is 1. The van der Waals surface area contributed by atoms with Gasteiger partial charge in [-0.05, 0) is 30.3 Å². The Balaban J connectivity index is 1.85. The van der Waals surface area contributed by atoms with Gasteiger partial charge in [0.2, 0.25) is 5.76 Å². The highest BCUT2D eigenvalue weighted by atomic mass is 19.4. The lowest BCUT2D eigenvalue weighted by Gasteiger charge is -2.09. The van der Waals surface area contributed by atoms with Crippen LogP contribution in [0, 0.1) is 0 Å². The van der Waals surface area contributed by atoms with Crippen LogP contribution in [0.1, 0.15) is 16.1 Å². The molecule has 0 aliphatic rings. The van der Waals surface area contributed by atoms with Crippen LogP contribution >= 0.6 is 0 Å². The van der Waals surface area contributed by atoms with E-state index in [0.717, 1.165) is 18.5 Å². The minimum atomic E-state index is -4.49. The average molecular weight is 322 g/mol. The number of carbonyl (C=O) groups excluding carboxylic acids is 1. The van der Waals surface area contributed by atoms with Crippen molar-refractivity contribution in [1.82, 2.24) is 4.98 Å². The summed E-state index contributed by atoms with van der Waals surface area (Å²) in [5.41, 5.74) is -0.947. The fraction of sp³-hybridized carbons (Fsp3) is 0.0667. The van der Waals surface area contributed by atoms with Gasteiger partial charge in [0.25, 0.3) is 5.91 Å². The number of benzene rings is 1. The van der Waals surface area contributed by atoms with Crippen LogP contribution in [0.4, 0.5) is 18.9 Å². The van der Waals surface area contributed by atoms with E-state index in [4.69, 9.17) is 8.83 Å². The van der Waals surface area contributed by atoms with Crippen molar-refractivity contribution in [3.05, 3.63) is 60.3 Å². The Kier molecular flexibility index (Phi) is 3.65. The smallest absolute Gasteiger partial charge is 0.416 e.